The summed E-state index contributed by atoms with van der Waals surface area (Å²) in [5.41, 5.74) is 2.14. The van der Waals surface area contributed by atoms with Crippen molar-refractivity contribution in [3.05, 3.63) is 77.1 Å². The third-order valence-corrected chi connectivity index (χ3v) is 6.58. The summed E-state index contributed by atoms with van der Waals surface area (Å²) in [6.45, 7) is 0. The van der Waals surface area contributed by atoms with E-state index in [9.17, 15) is 21.6 Å². The van der Waals surface area contributed by atoms with Gasteiger partial charge >= 0.3 is 6.18 Å². The molecule has 0 fully saturated rings. The first-order valence-electron chi connectivity index (χ1n) is 8.96. The van der Waals surface area contributed by atoms with Crippen molar-refractivity contribution < 1.29 is 21.6 Å². The molecule has 4 aromatic rings. The maximum Gasteiger partial charge on any atom is 0.449 e. The van der Waals surface area contributed by atoms with Crippen LogP contribution in [-0.2, 0) is 22.6 Å². The number of alkyl halides is 3. The van der Waals surface area contributed by atoms with Gasteiger partial charge in [0.05, 0.1) is 27.0 Å². The number of nitrogens with zero attached hydrogens (tertiary/aromatic N) is 1. The molecule has 0 spiro atoms. The predicted molar refractivity (Wildman–Crippen MR) is 117 cm³/mol. The molecular weight excluding hydrogens is 469 g/mol. The van der Waals surface area contributed by atoms with Gasteiger partial charge < -0.3 is 4.98 Å². The molecule has 4 nitrogen and oxygen atoms in total. The molecule has 2 aromatic heterocycles. The number of hydrogen-bond donors (Lipinski definition) is 2. The lowest BCUT2D eigenvalue weighted by atomic mass is 10.1. The summed E-state index contributed by atoms with van der Waals surface area (Å²) in [7, 11) is -2.56. The van der Waals surface area contributed by atoms with Crippen LogP contribution in [0.2, 0.25) is 5.02 Å². The number of thiol groups is 1. The minimum Gasteiger partial charge on any atom is -0.333 e. The molecule has 0 saturated heterocycles. The van der Waals surface area contributed by atoms with Gasteiger partial charge in [0.1, 0.15) is 10.7 Å². The predicted octanol–water partition coefficient (Wildman–Crippen LogP) is 6.26. The Kier molecular flexibility index (Phi) is 5.92. The van der Waals surface area contributed by atoms with Crippen LogP contribution in [0.5, 0.6) is 0 Å². The molecule has 4 rings (SSSR count). The van der Waals surface area contributed by atoms with Crippen molar-refractivity contribution in [2.45, 2.75) is 11.9 Å². The molecule has 2 aromatic carbocycles. The van der Waals surface area contributed by atoms with Crippen molar-refractivity contribution in [1.29, 1.82) is 0 Å². The van der Waals surface area contributed by atoms with Crippen molar-refractivity contribution in [3.8, 4) is 32.3 Å². The normalized spacial score (nSPS) is 11.9. The smallest absolute Gasteiger partial charge is 0.333 e. The number of thiophene rings is 1. The Morgan fingerprint density at radius 3 is 2.45 bits per heavy atom. The Morgan fingerprint density at radius 1 is 1.00 bits per heavy atom. The van der Waals surface area contributed by atoms with Gasteiger partial charge in [-0.15, -0.1) is 11.3 Å². The van der Waals surface area contributed by atoms with E-state index in [0.29, 0.717) is 21.0 Å². The largest absolute Gasteiger partial charge is 0.449 e. The van der Waals surface area contributed by atoms with Crippen LogP contribution in [0.15, 0.2) is 60.7 Å². The molecule has 1 N–H and O–H groups in total. The summed E-state index contributed by atoms with van der Waals surface area (Å²) >= 11 is 7.49. The zero-order valence-electron chi connectivity index (χ0n) is 15.6. The topological polar surface area (TPSA) is 62.8 Å². The van der Waals surface area contributed by atoms with Crippen LogP contribution in [0, 0.1) is 0 Å². The molecule has 0 aliphatic carbocycles. The number of aromatic amines is 1. The van der Waals surface area contributed by atoms with Gasteiger partial charge in [0.15, 0.2) is 0 Å². The Hall–Kier alpha value is -2.62. The van der Waals surface area contributed by atoms with E-state index in [2.05, 4.69) is 9.97 Å². The summed E-state index contributed by atoms with van der Waals surface area (Å²) in [6, 6.07) is 17.1. The van der Waals surface area contributed by atoms with E-state index in [0.717, 1.165) is 10.4 Å². The SMILES string of the molecule is O=[SH](=O)Cc1cccc(-c2ccc(-c3[nH]c(C(F)(F)F)nc3-c3ccccc3Cl)s2)c1. The molecule has 0 radical (unpaired) electrons. The average Bonchev–Trinajstić information content (AvgIpc) is 3.35. The Bertz CT molecular complexity index is 1320. The lowest BCUT2D eigenvalue weighted by Gasteiger charge is -2.03. The molecule has 31 heavy (non-hydrogen) atoms. The van der Waals surface area contributed by atoms with Gasteiger partial charge in [0.25, 0.3) is 0 Å². The fourth-order valence-electron chi connectivity index (χ4n) is 3.13. The number of halogens is 4. The lowest BCUT2D eigenvalue weighted by Crippen LogP contribution is -2.07. The van der Waals surface area contributed by atoms with Gasteiger partial charge in [-0.3, -0.25) is 0 Å². The molecule has 0 bridgehead atoms. The van der Waals surface area contributed by atoms with Gasteiger partial charge in [-0.25, -0.2) is 13.4 Å². The van der Waals surface area contributed by atoms with Crippen molar-refractivity contribution in [3.63, 3.8) is 0 Å². The molecule has 0 aliphatic heterocycles. The third kappa shape index (κ3) is 4.68. The molecule has 0 aliphatic rings. The second kappa shape index (κ2) is 8.49. The van der Waals surface area contributed by atoms with Gasteiger partial charge in [-0.1, -0.05) is 48.0 Å². The highest BCUT2D eigenvalue weighted by Crippen LogP contribution is 2.42. The zero-order valence-corrected chi connectivity index (χ0v) is 18.1. The summed E-state index contributed by atoms with van der Waals surface area (Å²) in [5, 5.41) is 0.292. The van der Waals surface area contributed by atoms with Crippen LogP contribution < -0.4 is 0 Å². The summed E-state index contributed by atoms with van der Waals surface area (Å²) in [4.78, 5) is 7.53. The highest BCUT2D eigenvalue weighted by atomic mass is 35.5. The maximum atomic E-state index is 13.4. The first kappa shape index (κ1) is 21.6. The average molecular weight is 483 g/mol. The molecule has 0 saturated carbocycles. The van der Waals surface area contributed by atoms with Crippen LogP contribution in [0.25, 0.3) is 32.3 Å². The van der Waals surface area contributed by atoms with Crippen LogP contribution in [0.3, 0.4) is 0 Å². The summed E-state index contributed by atoms with van der Waals surface area (Å²) < 4.78 is 62.1. The van der Waals surface area contributed by atoms with Crippen molar-refractivity contribution >= 4 is 33.6 Å². The standard InChI is InChI=1S/C21H14ClF3N2O2S2/c22-15-7-2-1-6-14(15)18-19(27-20(26-18)21(23,24)25)17-9-8-16(30-17)13-5-3-4-12(10-13)11-31(28)29/h1-10,31H,11H2,(H,26,27). The monoisotopic (exact) mass is 482 g/mol. The van der Waals surface area contributed by atoms with Gasteiger partial charge in [-0.05, 0) is 35.4 Å². The zero-order chi connectivity index (χ0) is 22.2. The van der Waals surface area contributed by atoms with Crippen LogP contribution in [0.1, 0.15) is 11.4 Å². The quantitative estimate of drug-likeness (QED) is 0.330. The minimum absolute atomic E-state index is 0.0758. The number of aromatic nitrogens is 2. The Balaban J connectivity index is 1.80. The summed E-state index contributed by atoms with van der Waals surface area (Å²) in [6.07, 6.45) is -4.64. The molecule has 0 unspecified atom stereocenters. The van der Waals surface area contributed by atoms with Gasteiger partial charge in [-0.2, -0.15) is 13.2 Å². The molecular formula is C21H14ClF3N2O2S2. The lowest BCUT2D eigenvalue weighted by molar-refractivity contribution is -0.144. The van der Waals surface area contributed by atoms with Gasteiger partial charge in [0, 0.05) is 10.4 Å². The molecule has 160 valence electrons. The first-order valence-corrected chi connectivity index (χ1v) is 11.5. The van der Waals surface area contributed by atoms with E-state index in [4.69, 9.17) is 11.6 Å². The molecule has 10 heteroatoms. The van der Waals surface area contributed by atoms with Crippen LogP contribution in [-0.4, -0.2) is 18.4 Å². The number of H-pyrrole nitrogens is 1. The highest BCUT2D eigenvalue weighted by molar-refractivity contribution is 7.71. The molecule has 0 atom stereocenters. The second-order valence-corrected chi connectivity index (χ2v) is 9.11. The van der Waals surface area contributed by atoms with Crippen LogP contribution >= 0.6 is 22.9 Å². The maximum absolute atomic E-state index is 13.4. The van der Waals surface area contributed by atoms with E-state index in [1.54, 1.807) is 54.6 Å². The fraction of sp³-hybridized carbons (Fsp3) is 0.0952. The van der Waals surface area contributed by atoms with Crippen molar-refractivity contribution in [2.24, 2.45) is 0 Å². The minimum atomic E-state index is -4.64. The van der Waals surface area contributed by atoms with Crippen molar-refractivity contribution in [1.82, 2.24) is 9.97 Å². The highest BCUT2D eigenvalue weighted by Gasteiger charge is 2.36. The van der Waals surface area contributed by atoms with Crippen LogP contribution in [0.4, 0.5) is 13.2 Å². The third-order valence-electron chi connectivity index (χ3n) is 4.48. The number of hydrogen-bond acceptors (Lipinski definition) is 4. The number of imidazole rings is 1. The van der Waals surface area contributed by atoms with E-state index >= 15 is 0 Å². The molecule has 0 amide bonds. The van der Waals surface area contributed by atoms with E-state index in [1.165, 1.54) is 11.3 Å². The van der Waals surface area contributed by atoms with E-state index < -0.39 is 22.7 Å². The summed E-state index contributed by atoms with van der Waals surface area (Å²) in [5.74, 6) is -1.18. The van der Waals surface area contributed by atoms with Gasteiger partial charge in [0.2, 0.25) is 5.82 Å². The van der Waals surface area contributed by atoms with E-state index in [1.807, 2.05) is 6.07 Å². The first-order chi connectivity index (χ1) is 14.7. The number of benzene rings is 2. The van der Waals surface area contributed by atoms with Crippen molar-refractivity contribution in [2.75, 3.05) is 0 Å². The Morgan fingerprint density at radius 2 is 1.74 bits per heavy atom. The number of rotatable bonds is 5. The van der Waals surface area contributed by atoms with E-state index in [-0.39, 0.29) is 17.1 Å². The fourth-order valence-corrected chi connectivity index (χ4v) is 4.86. The Labute approximate surface area is 186 Å². The number of nitrogens with one attached hydrogen (secondary N) is 1. The molecule has 2 heterocycles. The second-order valence-electron chi connectivity index (χ2n) is 6.64.